The molecule has 5 atom stereocenters. The molecule has 2 aromatic rings. The number of ether oxygens (including phenoxy) is 3. The zero-order valence-electron chi connectivity index (χ0n) is 24.4. The number of hydrogen-bond acceptors (Lipinski definition) is 9. The third-order valence-electron chi connectivity index (χ3n) is 10.3. The summed E-state index contributed by atoms with van der Waals surface area (Å²) in [6.07, 6.45) is 1.39. The molecule has 43 heavy (non-hydrogen) atoms. The van der Waals surface area contributed by atoms with Crippen molar-refractivity contribution in [3.63, 3.8) is 0 Å². The van der Waals surface area contributed by atoms with E-state index in [1.807, 2.05) is 0 Å². The molecule has 10 heteroatoms. The van der Waals surface area contributed by atoms with E-state index in [-0.39, 0.29) is 30.1 Å². The minimum Gasteiger partial charge on any atom is -0.483 e. The molecule has 0 aromatic heterocycles. The lowest BCUT2D eigenvalue weighted by molar-refractivity contribution is -0.182. The van der Waals surface area contributed by atoms with Crippen molar-refractivity contribution in [3.8, 4) is 11.5 Å². The summed E-state index contributed by atoms with van der Waals surface area (Å²) < 4.78 is 17.7. The van der Waals surface area contributed by atoms with Gasteiger partial charge in [-0.15, -0.1) is 0 Å². The zero-order chi connectivity index (χ0) is 30.1. The lowest BCUT2D eigenvalue weighted by Crippen LogP contribution is -2.79. The molecule has 10 nitrogen and oxygen atoms in total. The van der Waals surface area contributed by atoms with Crippen molar-refractivity contribution in [3.05, 3.63) is 58.7 Å². The highest BCUT2D eigenvalue weighted by molar-refractivity contribution is 6.21. The molecule has 2 saturated carbocycles. The van der Waals surface area contributed by atoms with Crippen LogP contribution in [0.15, 0.2) is 36.4 Å². The van der Waals surface area contributed by atoms with Crippen LogP contribution >= 0.6 is 0 Å². The van der Waals surface area contributed by atoms with Gasteiger partial charge in [0.25, 0.3) is 11.8 Å². The van der Waals surface area contributed by atoms with Crippen LogP contribution < -0.4 is 9.47 Å². The second-order valence-corrected chi connectivity index (χ2v) is 13.9. The van der Waals surface area contributed by atoms with Gasteiger partial charge in [0.15, 0.2) is 17.3 Å². The lowest BCUT2D eigenvalue weighted by atomic mass is 9.48. The number of nitrogens with zero attached hydrogens (tertiary/aromatic N) is 2. The fraction of sp³-hybridized carbons (Fsp3) is 0.515. The summed E-state index contributed by atoms with van der Waals surface area (Å²) in [6.45, 7) is 6.48. The van der Waals surface area contributed by atoms with Crippen molar-refractivity contribution in [1.29, 1.82) is 0 Å². The molecule has 224 valence electrons. The topological polar surface area (TPSA) is 123 Å². The van der Waals surface area contributed by atoms with Crippen molar-refractivity contribution >= 4 is 23.8 Å². The predicted molar refractivity (Wildman–Crippen MR) is 151 cm³/mol. The first-order valence-electron chi connectivity index (χ1n) is 15.2. The smallest absolute Gasteiger partial charge is 0.483 e. The number of ketones is 1. The maximum atomic E-state index is 14.3. The quantitative estimate of drug-likeness (QED) is 0.323. The lowest BCUT2D eigenvalue weighted by Gasteiger charge is -2.63. The Morgan fingerprint density at radius 2 is 1.70 bits per heavy atom. The average molecular weight is 587 g/mol. The molecule has 2 bridgehead atoms. The number of piperidine rings is 1. The molecule has 0 radical (unpaired) electrons. The second-order valence-electron chi connectivity index (χ2n) is 13.9. The van der Waals surface area contributed by atoms with Gasteiger partial charge >= 0.3 is 6.16 Å². The maximum absolute atomic E-state index is 14.3. The highest BCUT2D eigenvalue weighted by atomic mass is 16.7. The van der Waals surface area contributed by atoms with Crippen LogP contribution in [-0.4, -0.2) is 81.1 Å². The third-order valence-corrected chi connectivity index (χ3v) is 10.3. The molecule has 1 N–H and O–H groups in total. The summed E-state index contributed by atoms with van der Waals surface area (Å²) in [5.41, 5.74) is -1.78. The molecule has 3 fully saturated rings. The first kappa shape index (κ1) is 26.8. The van der Waals surface area contributed by atoms with Crippen LogP contribution in [0.5, 0.6) is 11.5 Å². The standard InChI is InChI=1S/C33H34N2O8/c1-31(2,3)43-30(39)41-22-11-10-20-23-25(22)42-27-21(35-28(37)18-6-4-5-7-19(18)29(35)38)12-13-33(40)26(24(20)36)34(16-17-8-9-17)15-14-32(23,27)33/h4-7,10-11,17,21,26-27,40H,8-9,12-16H2,1-3H3/t21-,26-,27+,32+,33?/m1/s1. The van der Waals surface area contributed by atoms with Crippen LogP contribution in [-0.2, 0) is 10.2 Å². The van der Waals surface area contributed by atoms with Gasteiger partial charge in [0.05, 0.1) is 22.6 Å². The number of imide groups is 1. The van der Waals surface area contributed by atoms with Crippen LogP contribution in [0.25, 0.3) is 0 Å². The SMILES string of the molecule is CC(C)(C)OC(=O)Oc1ccc2c3c1O[C@H]1[C@H](N4C(=O)c5ccccc5C4=O)CCC4(O)[C@@H](C2=O)N(CC2CC2)CC[C@]314. The summed E-state index contributed by atoms with van der Waals surface area (Å²) in [6, 6.07) is 8.46. The van der Waals surface area contributed by atoms with Gasteiger partial charge in [-0.3, -0.25) is 24.2 Å². The number of carbonyl (C=O) groups excluding carboxylic acids is 4. The molecule has 1 saturated heterocycles. The van der Waals surface area contributed by atoms with Gasteiger partial charge in [-0.05, 0) is 83.1 Å². The van der Waals surface area contributed by atoms with Crippen LogP contribution in [0.3, 0.4) is 0 Å². The Hall–Kier alpha value is -3.76. The Morgan fingerprint density at radius 1 is 1.00 bits per heavy atom. The number of hydrogen-bond donors (Lipinski definition) is 1. The number of Topliss-reactive ketones (excluding diaryl/α,β-unsaturated/α-hetero) is 1. The van der Waals surface area contributed by atoms with Gasteiger partial charge in [-0.25, -0.2) is 4.79 Å². The number of amides is 2. The highest BCUT2D eigenvalue weighted by Crippen LogP contribution is 2.66. The molecule has 8 rings (SSSR count). The van der Waals surface area contributed by atoms with Crippen LogP contribution in [0.2, 0.25) is 0 Å². The number of aliphatic hydroxyl groups is 1. The Bertz CT molecular complexity index is 1590. The molecule has 1 spiro atoms. The molecule has 2 amide bonds. The van der Waals surface area contributed by atoms with Crippen molar-refractivity contribution in [1.82, 2.24) is 9.80 Å². The van der Waals surface area contributed by atoms with Gasteiger partial charge in [0, 0.05) is 24.2 Å². The minimum absolute atomic E-state index is 0.0758. The van der Waals surface area contributed by atoms with Crippen molar-refractivity contribution in [2.75, 3.05) is 13.1 Å². The van der Waals surface area contributed by atoms with E-state index in [1.165, 1.54) is 11.0 Å². The van der Waals surface area contributed by atoms with E-state index in [9.17, 15) is 24.3 Å². The van der Waals surface area contributed by atoms with Crippen LogP contribution in [0.1, 0.15) is 89.5 Å². The molecule has 6 aliphatic rings. The monoisotopic (exact) mass is 586 g/mol. The van der Waals surface area contributed by atoms with E-state index >= 15 is 0 Å². The number of benzene rings is 2. The third kappa shape index (κ3) is 3.53. The fourth-order valence-corrected chi connectivity index (χ4v) is 8.50. The van der Waals surface area contributed by atoms with E-state index in [0.717, 1.165) is 19.4 Å². The fourth-order valence-electron chi connectivity index (χ4n) is 8.50. The first-order chi connectivity index (χ1) is 20.4. The molecule has 2 aromatic carbocycles. The summed E-state index contributed by atoms with van der Waals surface area (Å²) in [4.78, 5) is 57.8. The molecular formula is C33H34N2O8. The summed E-state index contributed by atoms with van der Waals surface area (Å²) >= 11 is 0. The average Bonchev–Trinajstić information content (AvgIpc) is 3.64. The van der Waals surface area contributed by atoms with Crippen molar-refractivity contribution < 1.29 is 38.5 Å². The zero-order valence-corrected chi connectivity index (χ0v) is 24.4. The van der Waals surface area contributed by atoms with Crippen molar-refractivity contribution in [2.24, 2.45) is 5.92 Å². The number of likely N-dealkylation sites (tertiary alicyclic amines) is 1. The largest absolute Gasteiger partial charge is 0.514 e. The number of rotatable bonds is 4. The first-order valence-corrected chi connectivity index (χ1v) is 15.2. The Morgan fingerprint density at radius 3 is 2.35 bits per heavy atom. The van der Waals surface area contributed by atoms with Gasteiger partial charge in [0.1, 0.15) is 23.3 Å². The van der Waals surface area contributed by atoms with E-state index in [2.05, 4.69) is 4.90 Å². The van der Waals surface area contributed by atoms with Crippen molar-refractivity contribution in [2.45, 2.75) is 87.7 Å². The predicted octanol–water partition coefficient (Wildman–Crippen LogP) is 3.87. The second kappa shape index (κ2) is 8.66. The summed E-state index contributed by atoms with van der Waals surface area (Å²) in [5.74, 6) is -0.192. The summed E-state index contributed by atoms with van der Waals surface area (Å²) in [5, 5.41) is 12.8. The molecular weight excluding hydrogens is 552 g/mol. The molecule has 3 aliphatic heterocycles. The van der Waals surface area contributed by atoms with Gasteiger partial charge < -0.3 is 19.3 Å². The van der Waals surface area contributed by atoms with Gasteiger partial charge in [-0.2, -0.15) is 0 Å². The minimum atomic E-state index is -1.50. The molecule has 3 aliphatic carbocycles. The number of fused-ring (bicyclic) bond motifs is 1. The summed E-state index contributed by atoms with van der Waals surface area (Å²) in [7, 11) is 0. The van der Waals surface area contributed by atoms with Crippen LogP contribution in [0.4, 0.5) is 4.79 Å². The van der Waals surface area contributed by atoms with Crippen LogP contribution in [0, 0.1) is 5.92 Å². The highest BCUT2D eigenvalue weighted by Gasteiger charge is 2.76. The van der Waals surface area contributed by atoms with Gasteiger partial charge in [-0.1, -0.05) is 12.1 Å². The maximum Gasteiger partial charge on any atom is 0.514 e. The van der Waals surface area contributed by atoms with E-state index < -0.39 is 52.8 Å². The number of carbonyl (C=O) groups is 4. The Labute approximate surface area is 248 Å². The Kier molecular flexibility index (Phi) is 5.41. The Balaban J connectivity index is 1.27. The van der Waals surface area contributed by atoms with E-state index in [1.54, 1.807) is 51.1 Å². The van der Waals surface area contributed by atoms with Gasteiger partial charge in [0.2, 0.25) is 0 Å². The molecule has 3 heterocycles. The van der Waals surface area contributed by atoms with E-state index in [4.69, 9.17) is 14.2 Å². The van der Waals surface area contributed by atoms with E-state index in [0.29, 0.717) is 41.1 Å². The normalized spacial score (nSPS) is 32.3. The molecule has 1 unspecified atom stereocenters.